The van der Waals surface area contributed by atoms with Gasteiger partial charge in [0.25, 0.3) is 5.91 Å². The average Bonchev–Trinajstić information content (AvgIpc) is 2.42. The molecule has 0 aliphatic carbocycles. The van der Waals surface area contributed by atoms with Crippen molar-refractivity contribution >= 4 is 11.8 Å². The molecule has 0 fully saturated rings. The number of carbonyl (C=O) groups is 2. The second-order valence-electron chi connectivity index (χ2n) is 6.57. The molecule has 116 valence electrons. The summed E-state index contributed by atoms with van der Waals surface area (Å²) in [6.07, 6.45) is 0.775. The molecule has 0 aromatic heterocycles. The number of hydrogen-bond donors (Lipinski definition) is 2. The maximum Gasteiger partial charge on any atom is 0.251 e. The van der Waals surface area contributed by atoms with E-state index in [-0.39, 0.29) is 17.2 Å². The zero-order valence-electron chi connectivity index (χ0n) is 13.6. The van der Waals surface area contributed by atoms with Gasteiger partial charge in [0.2, 0.25) is 5.91 Å². The van der Waals surface area contributed by atoms with Crippen LogP contribution in [0.5, 0.6) is 0 Å². The van der Waals surface area contributed by atoms with Crippen LogP contribution in [-0.4, -0.2) is 17.9 Å². The lowest BCUT2D eigenvalue weighted by Crippen LogP contribution is -2.48. The van der Waals surface area contributed by atoms with Gasteiger partial charge in [0.1, 0.15) is 6.04 Å². The lowest BCUT2D eigenvalue weighted by Gasteiger charge is -2.22. The second-order valence-corrected chi connectivity index (χ2v) is 6.57. The van der Waals surface area contributed by atoms with E-state index in [0.29, 0.717) is 5.56 Å². The molecule has 4 nitrogen and oxygen atoms in total. The van der Waals surface area contributed by atoms with E-state index in [4.69, 9.17) is 5.73 Å². The first-order valence-corrected chi connectivity index (χ1v) is 7.37. The van der Waals surface area contributed by atoms with E-state index in [0.717, 1.165) is 12.0 Å². The van der Waals surface area contributed by atoms with Gasteiger partial charge in [0.05, 0.1) is 0 Å². The van der Waals surface area contributed by atoms with Gasteiger partial charge in [0, 0.05) is 5.56 Å². The predicted molar refractivity (Wildman–Crippen MR) is 85.0 cm³/mol. The molecule has 2 amide bonds. The average molecular weight is 290 g/mol. The Kier molecular flexibility index (Phi) is 5.53. The minimum Gasteiger partial charge on any atom is -0.368 e. The molecule has 0 spiro atoms. The molecule has 0 saturated carbocycles. The molecule has 0 saturated heterocycles. The van der Waals surface area contributed by atoms with Crippen molar-refractivity contribution in [3.05, 3.63) is 35.4 Å². The quantitative estimate of drug-likeness (QED) is 0.875. The number of nitrogens with one attached hydrogen (secondary N) is 1. The van der Waals surface area contributed by atoms with Crippen molar-refractivity contribution in [1.82, 2.24) is 5.32 Å². The summed E-state index contributed by atoms with van der Waals surface area (Å²) < 4.78 is 0. The van der Waals surface area contributed by atoms with E-state index < -0.39 is 11.9 Å². The zero-order valence-corrected chi connectivity index (χ0v) is 13.6. The van der Waals surface area contributed by atoms with E-state index in [1.165, 1.54) is 0 Å². The molecule has 1 rings (SSSR count). The Hall–Kier alpha value is -1.84. The largest absolute Gasteiger partial charge is 0.368 e. The van der Waals surface area contributed by atoms with Gasteiger partial charge in [-0.05, 0) is 29.0 Å². The van der Waals surface area contributed by atoms with E-state index in [9.17, 15) is 9.59 Å². The van der Waals surface area contributed by atoms with Crippen LogP contribution in [0.2, 0.25) is 0 Å². The first-order valence-electron chi connectivity index (χ1n) is 7.37. The van der Waals surface area contributed by atoms with Gasteiger partial charge in [-0.15, -0.1) is 0 Å². The van der Waals surface area contributed by atoms with Gasteiger partial charge in [0.15, 0.2) is 0 Å². The number of benzene rings is 1. The van der Waals surface area contributed by atoms with Crippen molar-refractivity contribution in [2.75, 3.05) is 0 Å². The molecule has 0 heterocycles. The molecular formula is C17H26N2O2. The summed E-state index contributed by atoms with van der Waals surface area (Å²) in [4.78, 5) is 23.7. The molecule has 1 aromatic carbocycles. The molecular weight excluding hydrogens is 264 g/mol. The van der Waals surface area contributed by atoms with Crippen molar-refractivity contribution in [1.29, 1.82) is 0 Å². The molecule has 0 aliphatic heterocycles. The fourth-order valence-electron chi connectivity index (χ4n) is 2.08. The number of primary amides is 1. The van der Waals surface area contributed by atoms with Crippen LogP contribution in [0.1, 0.15) is 57.0 Å². The predicted octanol–water partition coefficient (Wildman–Crippen LogP) is 2.61. The maximum atomic E-state index is 12.2. The molecule has 3 N–H and O–H groups in total. The first-order chi connectivity index (χ1) is 9.66. The minimum atomic E-state index is -0.634. The normalized spacial score (nSPS) is 14.3. The van der Waals surface area contributed by atoms with E-state index >= 15 is 0 Å². The van der Waals surface area contributed by atoms with Crippen LogP contribution in [0.25, 0.3) is 0 Å². The van der Waals surface area contributed by atoms with E-state index in [1.54, 1.807) is 12.1 Å². The SMILES string of the molecule is CC[C@@H](C)[C@H](NC(=O)c1ccc(C(C)(C)C)cc1)C(N)=O. The Labute approximate surface area is 127 Å². The third-order valence-electron chi connectivity index (χ3n) is 3.82. The topological polar surface area (TPSA) is 72.2 Å². The van der Waals surface area contributed by atoms with Crippen molar-refractivity contribution in [3.8, 4) is 0 Å². The fourth-order valence-corrected chi connectivity index (χ4v) is 2.08. The summed E-state index contributed by atoms with van der Waals surface area (Å²) in [6.45, 7) is 10.2. The zero-order chi connectivity index (χ0) is 16.2. The highest BCUT2D eigenvalue weighted by Crippen LogP contribution is 2.22. The van der Waals surface area contributed by atoms with Crippen LogP contribution in [0, 0.1) is 5.92 Å². The second kappa shape index (κ2) is 6.74. The highest BCUT2D eigenvalue weighted by Gasteiger charge is 2.24. The van der Waals surface area contributed by atoms with Crippen molar-refractivity contribution in [2.24, 2.45) is 11.7 Å². The Morgan fingerprint density at radius 2 is 1.71 bits per heavy atom. The standard InChI is InChI=1S/C17H26N2O2/c1-6-11(2)14(15(18)20)19-16(21)12-7-9-13(10-8-12)17(3,4)5/h7-11,14H,6H2,1-5H3,(H2,18,20)(H,19,21)/t11-,14+/m1/s1. The summed E-state index contributed by atoms with van der Waals surface area (Å²) >= 11 is 0. The molecule has 4 heteroatoms. The lowest BCUT2D eigenvalue weighted by molar-refractivity contribution is -0.120. The van der Waals surface area contributed by atoms with Gasteiger partial charge >= 0.3 is 0 Å². The Morgan fingerprint density at radius 1 is 1.19 bits per heavy atom. The molecule has 0 radical (unpaired) electrons. The number of amides is 2. The molecule has 0 aliphatic rings. The number of hydrogen-bond acceptors (Lipinski definition) is 2. The summed E-state index contributed by atoms with van der Waals surface area (Å²) in [6, 6.07) is 6.81. The summed E-state index contributed by atoms with van der Waals surface area (Å²) in [7, 11) is 0. The van der Waals surface area contributed by atoms with Gasteiger partial charge in [-0.3, -0.25) is 9.59 Å². The first kappa shape index (κ1) is 17.2. The number of rotatable bonds is 5. The lowest BCUT2D eigenvalue weighted by atomic mass is 9.86. The van der Waals surface area contributed by atoms with Crippen LogP contribution in [0.3, 0.4) is 0 Å². The monoisotopic (exact) mass is 290 g/mol. The molecule has 1 aromatic rings. The van der Waals surface area contributed by atoms with Gasteiger partial charge in [-0.1, -0.05) is 53.2 Å². The van der Waals surface area contributed by atoms with Crippen molar-refractivity contribution in [3.63, 3.8) is 0 Å². The summed E-state index contributed by atoms with van der Waals surface area (Å²) in [5.74, 6) is -0.746. The van der Waals surface area contributed by atoms with E-state index in [1.807, 2.05) is 26.0 Å². The minimum absolute atomic E-state index is 0.0142. The van der Waals surface area contributed by atoms with Crippen LogP contribution in [-0.2, 0) is 10.2 Å². The van der Waals surface area contributed by atoms with Crippen molar-refractivity contribution in [2.45, 2.75) is 52.5 Å². The highest BCUT2D eigenvalue weighted by molar-refractivity contribution is 5.97. The summed E-state index contributed by atoms with van der Waals surface area (Å²) in [5, 5.41) is 2.73. The van der Waals surface area contributed by atoms with Crippen LogP contribution < -0.4 is 11.1 Å². The third-order valence-corrected chi connectivity index (χ3v) is 3.82. The fraction of sp³-hybridized carbons (Fsp3) is 0.529. The molecule has 0 unspecified atom stereocenters. The Bertz CT molecular complexity index is 501. The van der Waals surface area contributed by atoms with Gasteiger partial charge in [-0.2, -0.15) is 0 Å². The number of carbonyl (C=O) groups excluding carboxylic acids is 2. The van der Waals surface area contributed by atoms with Gasteiger partial charge < -0.3 is 11.1 Å². The maximum absolute atomic E-state index is 12.2. The van der Waals surface area contributed by atoms with Crippen molar-refractivity contribution < 1.29 is 9.59 Å². The van der Waals surface area contributed by atoms with E-state index in [2.05, 4.69) is 26.1 Å². The summed E-state index contributed by atoms with van der Waals surface area (Å²) in [5.41, 5.74) is 7.11. The molecule has 21 heavy (non-hydrogen) atoms. The number of nitrogens with two attached hydrogens (primary N) is 1. The molecule has 2 atom stereocenters. The van der Waals surface area contributed by atoms with Gasteiger partial charge in [-0.25, -0.2) is 0 Å². The van der Waals surface area contributed by atoms with Crippen LogP contribution in [0.4, 0.5) is 0 Å². The van der Waals surface area contributed by atoms with Crippen LogP contribution in [0.15, 0.2) is 24.3 Å². The van der Waals surface area contributed by atoms with Crippen LogP contribution >= 0.6 is 0 Å². The molecule has 0 bridgehead atoms. The third kappa shape index (κ3) is 4.59. The Balaban J connectivity index is 2.86. The smallest absolute Gasteiger partial charge is 0.251 e. The Morgan fingerprint density at radius 3 is 2.10 bits per heavy atom. The highest BCUT2D eigenvalue weighted by atomic mass is 16.2.